The minimum atomic E-state index is 0.0115. The van der Waals surface area contributed by atoms with Crippen molar-refractivity contribution in [3.05, 3.63) is 34.9 Å². The van der Waals surface area contributed by atoms with Crippen LogP contribution in [0.25, 0.3) is 0 Å². The molecule has 0 radical (unpaired) electrons. The Hall–Kier alpha value is -1.68. The second-order valence-electron chi connectivity index (χ2n) is 5.14. The molecule has 0 atom stereocenters. The second kappa shape index (κ2) is 7.80. The Morgan fingerprint density at radius 1 is 1.15 bits per heavy atom. The summed E-state index contributed by atoms with van der Waals surface area (Å²) in [6.07, 6.45) is 0.539. The van der Waals surface area contributed by atoms with Crippen LogP contribution in [0.3, 0.4) is 0 Å². The average Bonchev–Trinajstić information content (AvgIpc) is 2.44. The lowest BCUT2D eigenvalue weighted by Crippen LogP contribution is -2.32. The summed E-state index contributed by atoms with van der Waals surface area (Å²) in [5, 5.41) is 2.99. The van der Waals surface area contributed by atoms with E-state index in [4.69, 9.17) is 0 Å². The fraction of sp³-hybridized carbons (Fsp3) is 0.500. The van der Waals surface area contributed by atoms with Gasteiger partial charge in [-0.15, -0.1) is 0 Å². The zero-order valence-corrected chi connectivity index (χ0v) is 12.8. The standard InChI is InChI=1S/C16H24N2O2/c1-12-5-6-14(11-13(12)2)15(19)7-8-16(20)18(4)10-9-17-3/h5-6,11,17H,7-10H2,1-4H3. The summed E-state index contributed by atoms with van der Waals surface area (Å²) in [5.74, 6) is 0.0425. The van der Waals surface area contributed by atoms with Crippen molar-refractivity contribution in [2.24, 2.45) is 0 Å². The van der Waals surface area contributed by atoms with Gasteiger partial charge in [-0.25, -0.2) is 0 Å². The van der Waals surface area contributed by atoms with Gasteiger partial charge in [-0.2, -0.15) is 0 Å². The highest BCUT2D eigenvalue weighted by molar-refractivity contribution is 5.98. The highest BCUT2D eigenvalue weighted by Crippen LogP contribution is 2.12. The van der Waals surface area contributed by atoms with E-state index in [9.17, 15) is 9.59 Å². The van der Waals surface area contributed by atoms with Gasteiger partial charge in [0.25, 0.3) is 0 Å². The molecule has 4 nitrogen and oxygen atoms in total. The molecule has 110 valence electrons. The molecule has 1 amide bonds. The van der Waals surface area contributed by atoms with Crippen LogP contribution < -0.4 is 5.32 Å². The lowest BCUT2D eigenvalue weighted by atomic mass is 10.0. The highest BCUT2D eigenvalue weighted by Gasteiger charge is 2.12. The maximum atomic E-state index is 12.1. The quantitative estimate of drug-likeness (QED) is 0.774. The molecule has 0 aromatic heterocycles. The summed E-state index contributed by atoms with van der Waals surface area (Å²) in [6, 6.07) is 5.68. The minimum Gasteiger partial charge on any atom is -0.344 e. The van der Waals surface area contributed by atoms with Crippen LogP contribution in [-0.4, -0.2) is 43.8 Å². The summed E-state index contributed by atoms with van der Waals surface area (Å²) in [7, 11) is 3.61. The fourth-order valence-electron chi connectivity index (χ4n) is 1.87. The molecule has 4 heteroatoms. The van der Waals surface area contributed by atoms with E-state index in [2.05, 4.69) is 5.32 Å². The minimum absolute atomic E-state index is 0.0115. The third kappa shape index (κ3) is 4.78. The van der Waals surface area contributed by atoms with Crippen LogP contribution >= 0.6 is 0 Å². The van der Waals surface area contributed by atoms with Crippen molar-refractivity contribution in [3.63, 3.8) is 0 Å². The van der Waals surface area contributed by atoms with E-state index in [1.54, 1.807) is 11.9 Å². The Morgan fingerprint density at radius 3 is 2.45 bits per heavy atom. The Morgan fingerprint density at radius 2 is 1.85 bits per heavy atom. The summed E-state index contributed by atoms with van der Waals surface area (Å²) in [6.45, 7) is 5.42. The van der Waals surface area contributed by atoms with Gasteiger partial charge in [0.1, 0.15) is 0 Å². The van der Waals surface area contributed by atoms with Gasteiger partial charge in [-0.1, -0.05) is 12.1 Å². The Labute approximate surface area is 121 Å². The first-order valence-electron chi connectivity index (χ1n) is 6.94. The molecule has 0 saturated carbocycles. The number of nitrogens with zero attached hydrogens (tertiary/aromatic N) is 1. The largest absolute Gasteiger partial charge is 0.344 e. The Kier molecular flexibility index (Phi) is 6.39. The average molecular weight is 276 g/mol. The highest BCUT2D eigenvalue weighted by atomic mass is 16.2. The van der Waals surface area contributed by atoms with E-state index in [0.717, 1.165) is 12.1 Å². The van der Waals surface area contributed by atoms with Gasteiger partial charge in [0.2, 0.25) is 5.91 Å². The van der Waals surface area contributed by atoms with E-state index < -0.39 is 0 Å². The number of Topliss-reactive ketones (excluding diaryl/α,β-unsaturated/α-hetero) is 1. The molecule has 1 aromatic carbocycles. The third-order valence-electron chi connectivity index (χ3n) is 3.52. The zero-order chi connectivity index (χ0) is 15.1. The van der Waals surface area contributed by atoms with Crippen LogP contribution in [-0.2, 0) is 4.79 Å². The van der Waals surface area contributed by atoms with Crippen LogP contribution in [0.2, 0.25) is 0 Å². The molecule has 0 saturated heterocycles. The molecule has 0 aliphatic heterocycles. The van der Waals surface area contributed by atoms with Gasteiger partial charge < -0.3 is 10.2 Å². The van der Waals surface area contributed by atoms with Crippen molar-refractivity contribution in [2.45, 2.75) is 26.7 Å². The van der Waals surface area contributed by atoms with E-state index in [1.165, 1.54) is 5.56 Å². The van der Waals surface area contributed by atoms with Crippen LogP contribution in [0.15, 0.2) is 18.2 Å². The number of likely N-dealkylation sites (N-methyl/N-ethyl adjacent to an activating group) is 2. The van der Waals surface area contributed by atoms with Gasteiger partial charge in [0.15, 0.2) is 5.78 Å². The van der Waals surface area contributed by atoms with Gasteiger partial charge in [0.05, 0.1) is 0 Å². The molecular weight excluding hydrogens is 252 g/mol. The van der Waals surface area contributed by atoms with Gasteiger partial charge in [-0.05, 0) is 38.1 Å². The van der Waals surface area contributed by atoms with Crippen LogP contribution in [0, 0.1) is 13.8 Å². The summed E-state index contributed by atoms with van der Waals surface area (Å²) >= 11 is 0. The lowest BCUT2D eigenvalue weighted by Gasteiger charge is -2.16. The SMILES string of the molecule is CNCCN(C)C(=O)CCC(=O)c1ccc(C)c(C)c1. The smallest absolute Gasteiger partial charge is 0.222 e. The second-order valence-corrected chi connectivity index (χ2v) is 5.14. The molecule has 0 spiro atoms. The molecule has 1 N–H and O–H groups in total. The van der Waals surface area contributed by atoms with Gasteiger partial charge in [0, 0.05) is 38.5 Å². The first-order chi connectivity index (χ1) is 9.45. The zero-order valence-electron chi connectivity index (χ0n) is 12.8. The Bertz CT molecular complexity index is 483. The number of hydrogen-bond acceptors (Lipinski definition) is 3. The normalized spacial score (nSPS) is 10.4. The summed E-state index contributed by atoms with van der Waals surface area (Å²) in [5.41, 5.74) is 2.97. The number of rotatable bonds is 7. The maximum Gasteiger partial charge on any atom is 0.222 e. The third-order valence-corrected chi connectivity index (χ3v) is 3.52. The number of carbonyl (C=O) groups is 2. The number of nitrogens with one attached hydrogen (secondary N) is 1. The molecule has 20 heavy (non-hydrogen) atoms. The van der Waals surface area contributed by atoms with Crippen molar-refractivity contribution < 1.29 is 9.59 Å². The lowest BCUT2D eigenvalue weighted by molar-refractivity contribution is -0.129. The molecule has 0 unspecified atom stereocenters. The van der Waals surface area contributed by atoms with Crippen molar-refractivity contribution in [1.29, 1.82) is 0 Å². The topological polar surface area (TPSA) is 49.4 Å². The molecular formula is C16H24N2O2. The molecule has 1 aromatic rings. The Balaban J connectivity index is 2.50. The van der Waals surface area contributed by atoms with Crippen molar-refractivity contribution in [2.75, 3.05) is 27.2 Å². The summed E-state index contributed by atoms with van der Waals surface area (Å²) in [4.78, 5) is 25.6. The van der Waals surface area contributed by atoms with Crippen molar-refractivity contribution in [1.82, 2.24) is 10.2 Å². The predicted molar refractivity (Wildman–Crippen MR) is 81.0 cm³/mol. The first kappa shape index (κ1) is 16.4. The van der Waals surface area contributed by atoms with Crippen LogP contribution in [0.5, 0.6) is 0 Å². The number of hydrogen-bond donors (Lipinski definition) is 1. The van der Waals surface area contributed by atoms with E-state index >= 15 is 0 Å². The summed E-state index contributed by atoms with van der Waals surface area (Å²) < 4.78 is 0. The number of aryl methyl sites for hydroxylation is 2. The number of benzene rings is 1. The number of amides is 1. The van der Waals surface area contributed by atoms with Crippen LogP contribution in [0.4, 0.5) is 0 Å². The maximum absolute atomic E-state index is 12.1. The van der Waals surface area contributed by atoms with Gasteiger partial charge >= 0.3 is 0 Å². The first-order valence-corrected chi connectivity index (χ1v) is 6.94. The van der Waals surface area contributed by atoms with E-state index in [0.29, 0.717) is 12.1 Å². The molecule has 0 fully saturated rings. The predicted octanol–water partition coefficient (Wildman–Crippen LogP) is 1.94. The number of ketones is 1. The van der Waals surface area contributed by atoms with E-state index in [1.807, 2.05) is 39.1 Å². The monoisotopic (exact) mass is 276 g/mol. The van der Waals surface area contributed by atoms with Crippen LogP contribution in [0.1, 0.15) is 34.3 Å². The molecule has 0 aliphatic carbocycles. The fourth-order valence-corrected chi connectivity index (χ4v) is 1.87. The molecule has 0 heterocycles. The molecule has 1 rings (SSSR count). The van der Waals surface area contributed by atoms with E-state index in [-0.39, 0.29) is 24.5 Å². The molecule has 0 bridgehead atoms. The van der Waals surface area contributed by atoms with Crippen molar-refractivity contribution in [3.8, 4) is 0 Å². The molecule has 0 aliphatic rings. The number of carbonyl (C=O) groups excluding carboxylic acids is 2. The van der Waals surface area contributed by atoms with Crippen molar-refractivity contribution >= 4 is 11.7 Å². The van der Waals surface area contributed by atoms with Gasteiger partial charge in [-0.3, -0.25) is 9.59 Å².